The van der Waals surface area contributed by atoms with E-state index < -0.39 is 0 Å². The molecule has 19 heavy (non-hydrogen) atoms. The molecule has 0 N–H and O–H groups in total. The van der Waals surface area contributed by atoms with Crippen molar-refractivity contribution in [3.8, 4) is 5.75 Å². The van der Waals surface area contributed by atoms with Crippen LogP contribution in [0.4, 0.5) is 0 Å². The largest absolute Gasteiger partial charge is 0.784 e. The molecule has 0 saturated heterocycles. The molecule has 4 heteroatoms. The molecule has 0 fully saturated rings. The lowest BCUT2D eigenvalue weighted by Gasteiger charge is -2.41. The van der Waals surface area contributed by atoms with Crippen LogP contribution in [0.5, 0.6) is 5.75 Å². The zero-order valence-corrected chi connectivity index (χ0v) is 11.4. The summed E-state index contributed by atoms with van der Waals surface area (Å²) in [4.78, 5) is 1.17. The van der Waals surface area contributed by atoms with E-state index in [4.69, 9.17) is 4.74 Å². The van der Waals surface area contributed by atoms with Gasteiger partial charge in [-0.2, -0.15) is 0 Å². The third kappa shape index (κ3) is 2.34. The number of fused-ring (bicyclic) bond motifs is 1. The summed E-state index contributed by atoms with van der Waals surface area (Å²) in [5, 5.41) is 13.1. The van der Waals surface area contributed by atoms with Crippen molar-refractivity contribution in [2.45, 2.75) is 16.8 Å². The monoisotopic (exact) mass is 272 g/mol. The molecular formula is C15H14NO2S-. The van der Waals surface area contributed by atoms with Crippen molar-refractivity contribution in [3.05, 3.63) is 64.9 Å². The number of methoxy groups -OCH3 is 1. The van der Waals surface area contributed by atoms with Crippen molar-refractivity contribution in [2.75, 3.05) is 7.11 Å². The lowest BCUT2D eigenvalue weighted by Crippen LogP contribution is -2.24. The predicted octanol–water partition coefficient (Wildman–Crippen LogP) is 3.80. The average Bonchev–Trinajstić information content (AvgIpc) is 2.46. The van der Waals surface area contributed by atoms with Crippen LogP contribution in [-0.4, -0.2) is 12.2 Å². The van der Waals surface area contributed by atoms with E-state index in [2.05, 4.69) is 6.07 Å². The highest BCUT2D eigenvalue weighted by Crippen LogP contribution is 2.46. The Morgan fingerprint density at radius 2 is 1.89 bits per heavy atom. The molecule has 0 spiro atoms. The molecule has 98 valence electrons. The second kappa shape index (κ2) is 5.25. The minimum Gasteiger partial charge on any atom is -0.784 e. The topological polar surface area (TPSA) is 35.5 Å². The Balaban J connectivity index is 1.98. The number of ether oxygens (including phenoxy) is 1. The van der Waals surface area contributed by atoms with Gasteiger partial charge in [-0.3, -0.25) is 0 Å². The molecule has 1 unspecified atom stereocenters. The molecule has 2 aromatic carbocycles. The van der Waals surface area contributed by atoms with Gasteiger partial charge in [0.05, 0.1) is 12.5 Å². The summed E-state index contributed by atoms with van der Waals surface area (Å²) in [7, 11) is 1.63. The first-order valence-electron chi connectivity index (χ1n) is 6.11. The van der Waals surface area contributed by atoms with Gasteiger partial charge < -0.3 is 15.0 Å². The Morgan fingerprint density at radius 1 is 1.16 bits per heavy atom. The van der Waals surface area contributed by atoms with Gasteiger partial charge in [-0.05, 0) is 17.7 Å². The molecule has 2 aromatic rings. The molecular weight excluding hydrogens is 258 g/mol. The fraction of sp³-hybridized carbons (Fsp3) is 0.200. The number of benzene rings is 2. The van der Waals surface area contributed by atoms with Crippen LogP contribution >= 0.6 is 11.8 Å². The smallest absolute Gasteiger partial charge is 0.124 e. The van der Waals surface area contributed by atoms with Gasteiger partial charge in [0.25, 0.3) is 0 Å². The Labute approximate surface area is 116 Å². The van der Waals surface area contributed by atoms with Gasteiger partial charge in [0.15, 0.2) is 0 Å². The molecule has 0 amide bonds. The Morgan fingerprint density at radius 3 is 2.74 bits per heavy atom. The third-order valence-electron chi connectivity index (χ3n) is 3.20. The van der Waals surface area contributed by atoms with Crippen molar-refractivity contribution in [1.82, 2.24) is 5.06 Å². The van der Waals surface area contributed by atoms with E-state index in [1.165, 1.54) is 4.90 Å². The Kier molecular flexibility index (Phi) is 3.46. The maximum atomic E-state index is 12.3. The van der Waals surface area contributed by atoms with E-state index in [0.29, 0.717) is 6.54 Å². The number of hydroxylamine groups is 2. The Hall–Kier alpha value is -1.49. The lowest BCUT2D eigenvalue weighted by molar-refractivity contribution is 0.330. The summed E-state index contributed by atoms with van der Waals surface area (Å²) < 4.78 is 5.36. The van der Waals surface area contributed by atoms with E-state index in [1.807, 2.05) is 42.5 Å². The summed E-state index contributed by atoms with van der Waals surface area (Å²) in [6.45, 7) is 0.423. The highest BCUT2D eigenvalue weighted by Gasteiger charge is 2.24. The average molecular weight is 272 g/mol. The van der Waals surface area contributed by atoms with Gasteiger partial charge in [0, 0.05) is 17.0 Å². The van der Waals surface area contributed by atoms with Crippen LogP contribution in [0.1, 0.15) is 16.5 Å². The normalized spacial score (nSPS) is 18.9. The zero-order valence-electron chi connectivity index (χ0n) is 10.6. The quantitative estimate of drug-likeness (QED) is 0.833. The summed E-state index contributed by atoms with van der Waals surface area (Å²) in [6, 6.07) is 15.7. The maximum Gasteiger partial charge on any atom is 0.124 e. The maximum absolute atomic E-state index is 12.3. The van der Waals surface area contributed by atoms with Gasteiger partial charge in [0.1, 0.15) is 5.75 Å². The molecule has 1 heterocycles. The van der Waals surface area contributed by atoms with E-state index in [0.717, 1.165) is 21.9 Å². The molecule has 0 aliphatic carbocycles. The molecule has 1 atom stereocenters. The third-order valence-corrected chi connectivity index (χ3v) is 4.57. The second-order valence-corrected chi connectivity index (χ2v) is 5.52. The van der Waals surface area contributed by atoms with Crippen LogP contribution in [0.2, 0.25) is 0 Å². The van der Waals surface area contributed by atoms with E-state index in [9.17, 15) is 5.21 Å². The lowest BCUT2D eigenvalue weighted by atomic mass is 10.1. The first kappa shape index (κ1) is 12.5. The minimum atomic E-state index is -0.244. The fourth-order valence-electron chi connectivity index (χ4n) is 2.27. The number of rotatable bonds is 2. The van der Waals surface area contributed by atoms with E-state index in [-0.39, 0.29) is 5.37 Å². The van der Waals surface area contributed by atoms with Crippen LogP contribution < -0.4 is 4.74 Å². The number of para-hydroxylation sites is 1. The predicted molar refractivity (Wildman–Crippen MR) is 76.9 cm³/mol. The van der Waals surface area contributed by atoms with Crippen molar-refractivity contribution in [1.29, 1.82) is 0 Å². The first-order valence-corrected chi connectivity index (χ1v) is 6.99. The van der Waals surface area contributed by atoms with Crippen LogP contribution in [0, 0.1) is 5.21 Å². The molecule has 3 rings (SSSR count). The standard InChI is InChI=1S/C15H14NO2S/c1-18-13-8-4-3-7-12(13)15-16(17)10-11-6-2-5-9-14(11)19-15/h2-9,15H,10H2,1H3/q-1. The Bertz CT molecular complexity index is 588. The van der Waals surface area contributed by atoms with Gasteiger partial charge in [0.2, 0.25) is 0 Å². The molecule has 0 aromatic heterocycles. The molecule has 0 bridgehead atoms. The van der Waals surface area contributed by atoms with E-state index >= 15 is 0 Å². The van der Waals surface area contributed by atoms with Crippen LogP contribution in [0.25, 0.3) is 0 Å². The fourth-order valence-corrected chi connectivity index (χ4v) is 3.46. The molecule has 1 aliphatic rings. The van der Waals surface area contributed by atoms with Gasteiger partial charge in [-0.15, -0.1) is 11.8 Å². The molecule has 3 nitrogen and oxygen atoms in total. The number of nitrogens with zero attached hydrogens (tertiary/aromatic N) is 1. The van der Waals surface area contributed by atoms with Crippen molar-refractivity contribution >= 4 is 11.8 Å². The molecule has 1 aliphatic heterocycles. The summed E-state index contributed by atoms with van der Waals surface area (Å²) in [6.07, 6.45) is 0. The van der Waals surface area contributed by atoms with Crippen molar-refractivity contribution < 1.29 is 4.74 Å². The number of thioether (sulfide) groups is 1. The van der Waals surface area contributed by atoms with Gasteiger partial charge >= 0.3 is 0 Å². The zero-order chi connectivity index (χ0) is 13.2. The van der Waals surface area contributed by atoms with Crippen LogP contribution in [0.3, 0.4) is 0 Å². The first-order chi connectivity index (χ1) is 9.29. The minimum absolute atomic E-state index is 0.244. The van der Waals surface area contributed by atoms with Crippen LogP contribution in [0.15, 0.2) is 53.4 Å². The summed E-state index contributed by atoms with van der Waals surface area (Å²) >= 11 is 1.58. The highest BCUT2D eigenvalue weighted by molar-refractivity contribution is 7.99. The molecule has 0 radical (unpaired) electrons. The van der Waals surface area contributed by atoms with Gasteiger partial charge in [-0.1, -0.05) is 36.4 Å². The highest BCUT2D eigenvalue weighted by atomic mass is 32.2. The van der Waals surface area contributed by atoms with E-state index in [1.54, 1.807) is 18.9 Å². The number of hydrogen-bond donors (Lipinski definition) is 0. The SMILES string of the molecule is COc1ccccc1C1Sc2ccccc2CN1[O-]. The second-order valence-electron chi connectivity index (χ2n) is 4.40. The number of hydrogen-bond acceptors (Lipinski definition) is 4. The van der Waals surface area contributed by atoms with Crippen molar-refractivity contribution in [3.63, 3.8) is 0 Å². The van der Waals surface area contributed by atoms with Crippen LogP contribution in [-0.2, 0) is 6.54 Å². The summed E-state index contributed by atoms with van der Waals surface area (Å²) in [5.41, 5.74) is 2.02. The summed E-state index contributed by atoms with van der Waals surface area (Å²) in [5.74, 6) is 0.764. The van der Waals surface area contributed by atoms with Gasteiger partial charge in [-0.25, -0.2) is 0 Å². The molecule has 0 saturated carbocycles. The van der Waals surface area contributed by atoms with Crippen molar-refractivity contribution in [2.24, 2.45) is 0 Å².